The Kier molecular flexibility index (Phi) is 11.9. The number of nitrogens with zero attached hydrogens (tertiary/aromatic N) is 4. The Hall–Kier alpha value is -5.12. The molecule has 5 rings (SSSR count). The first-order chi connectivity index (χ1) is 23.4. The number of benzene rings is 3. The van der Waals surface area contributed by atoms with Gasteiger partial charge in [-0.05, 0) is 80.3 Å². The molecule has 0 saturated heterocycles. The molecule has 2 N–H and O–H groups in total. The minimum absolute atomic E-state index is 0.0845. The molecule has 5 aromatic rings. The zero-order chi connectivity index (χ0) is 33.9. The highest BCUT2D eigenvalue weighted by molar-refractivity contribution is 5.76. The Morgan fingerprint density at radius 1 is 0.604 bits per heavy atom. The van der Waals surface area contributed by atoms with Crippen LogP contribution in [-0.2, 0) is 9.59 Å². The summed E-state index contributed by atoms with van der Waals surface area (Å²) in [5.41, 5.74) is 3.26. The first-order valence-electron chi connectivity index (χ1n) is 17.0. The lowest BCUT2D eigenvalue weighted by Crippen LogP contribution is -2.19. The minimum atomic E-state index is -0.183. The average Bonchev–Trinajstić information content (AvgIpc) is 3.81. The van der Waals surface area contributed by atoms with Crippen LogP contribution in [0.15, 0.2) is 72.8 Å². The molecule has 250 valence electrons. The monoisotopic (exact) mass is 648 g/mol. The lowest BCUT2D eigenvalue weighted by atomic mass is 10.00. The third-order valence-electron chi connectivity index (χ3n) is 8.51. The second-order valence-corrected chi connectivity index (χ2v) is 12.0. The normalized spacial score (nSPS) is 12.4. The van der Waals surface area contributed by atoms with Crippen LogP contribution in [0.4, 0.5) is 0 Å². The number of nitrogens with one attached hydrogen (secondary N) is 2. The molecule has 0 bridgehead atoms. The molecule has 2 aromatic heterocycles. The summed E-state index contributed by atoms with van der Waals surface area (Å²) >= 11 is 0. The standard InChI is InChI=1S/C38H44N6O4/c1-5-9-12-25(7-3)37(45)47-31-20-16-27(17-21-31)33-39-35(43-41-33)29-14-11-15-30(24-29)36-40-34(42-44-36)28-18-22-32(23-19-28)48-38(46)26(8-4)13-10-6-2/h11,14-26H,5-10,12-13H2,1-4H3,(H,39,41,43)(H,40,42,44). The molecular weight excluding hydrogens is 604 g/mol. The van der Waals surface area contributed by atoms with Crippen molar-refractivity contribution in [2.24, 2.45) is 11.8 Å². The third kappa shape index (κ3) is 8.61. The van der Waals surface area contributed by atoms with Gasteiger partial charge < -0.3 is 9.47 Å². The lowest BCUT2D eigenvalue weighted by molar-refractivity contribution is -0.140. The number of aromatic nitrogens is 6. The molecule has 0 aliphatic rings. The number of H-pyrrole nitrogens is 2. The number of esters is 2. The van der Waals surface area contributed by atoms with Gasteiger partial charge in [-0.1, -0.05) is 71.6 Å². The third-order valence-corrected chi connectivity index (χ3v) is 8.51. The molecule has 0 fully saturated rings. The van der Waals surface area contributed by atoms with Crippen molar-refractivity contribution in [3.05, 3.63) is 72.8 Å². The van der Waals surface area contributed by atoms with Crippen molar-refractivity contribution in [2.45, 2.75) is 79.1 Å². The van der Waals surface area contributed by atoms with Gasteiger partial charge in [-0.15, -0.1) is 0 Å². The van der Waals surface area contributed by atoms with Crippen molar-refractivity contribution < 1.29 is 19.1 Å². The van der Waals surface area contributed by atoms with E-state index < -0.39 is 0 Å². The molecule has 10 heteroatoms. The fourth-order valence-corrected chi connectivity index (χ4v) is 5.48. The van der Waals surface area contributed by atoms with Crippen LogP contribution in [0.25, 0.3) is 45.6 Å². The molecule has 10 nitrogen and oxygen atoms in total. The number of rotatable bonds is 16. The fourth-order valence-electron chi connectivity index (χ4n) is 5.48. The fraction of sp³-hybridized carbons (Fsp3) is 0.368. The summed E-state index contributed by atoms with van der Waals surface area (Å²) in [5.74, 6) is 2.76. The molecule has 2 heterocycles. The molecule has 3 aromatic carbocycles. The van der Waals surface area contributed by atoms with Crippen molar-refractivity contribution in [3.63, 3.8) is 0 Å². The lowest BCUT2D eigenvalue weighted by Gasteiger charge is -2.13. The quantitative estimate of drug-likeness (QED) is 0.0800. The molecule has 0 saturated carbocycles. The van der Waals surface area contributed by atoms with Gasteiger partial charge in [-0.3, -0.25) is 19.8 Å². The summed E-state index contributed by atoms with van der Waals surface area (Å²) < 4.78 is 11.3. The predicted octanol–water partition coefficient (Wildman–Crippen LogP) is 8.83. The highest BCUT2D eigenvalue weighted by Gasteiger charge is 2.20. The molecule has 0 radical (unpaired) electrons. The van der Waals surface area contributed by atoms with E-state index >= 15 is 0 Å². The van der Waals surface area contributed by atoms with E-state index in [1.807, 2.05) is 62.4 Å². The molecule has 0 spiro atoms. The number of carbonyl (C=O) groups excluding carboxylic acids is 2. The van der Waals surface area contributed by atoms with Gasteiger partial charge in [-0.2, -0.15) is 10.2 Å². The highest BCUT2D eigenvalue weighted by Crippen LogP contribution is 2.28. The number of hydrogen-bond donors (Lipinski definition) is 2. The van der Waals surface area contributed by atoms with Gasteiger partial charge in [0.05, 0.1) is 11.8 Å². The van der Waals surface area contributed by atoms with E-state index in [9.17, 15) is 9.59 Å². The van der Waals surface area contributed by atoms with Crippen LogP contribution in [0, 0.1) is 11.8 Å². The van der Waals surface area contributed by atoms with Crippen molar-refractivity contribution in [1.29, 1.82) is 0 Å². The maximum Gasteiger partial charge on any atom is 0.314 e. The Morgan fingerprint density at radius 3 is 1.40 bits per heavy atom. The molecule has 0 amide bonds. The van der Waals surface area contributed by atoms with Crippen LogP contribution in [0.3, 0.4) is 0 Å². The average molecular weight is 649 g/mol. The summed E-state index contributed by atoms with van der Waals surface area (Å²) in [4.78, 5) is 34.6. The van der Waals surface area contributed by atoms with Crippen LogP contribution in [0.2, 0.25) is 0 Å². The van der Waals surface area contributed by atoms with Gasteiger partial charge in [0.25, 0.3) is 0 Å². The molecule has 2 atom stereocenters. The van der Waals surface area contributed by atoms with E-state index in [2.05, 4.69) is 34.2 Å². The van der Waals surface area contributed by atoms with E-state index in [0.29, 0.717) is 34.8 Å². The zero-order valence-electron chi connectivity index (χ0n) is 28.2. The summed E-state index contributed by atoms with van der Waals surface area (Å²) in [7, 11) is 0. The van der Waals surface area contributed by atoms with E-state index in [-0.39, 0.29) is 23.8 Å². The second kappa shape index (κ2) is 16.6. The minimum Gasteiger partial charge on any atom is -0.426 e. The molecule has 2 unspecified atom stereocenters. The first-order valence-corrected chi connectivity index (χ1v) is 17.0. The SMILES string of the molecule is CCCCC(CC)C(=O)Oc1ccc(-c2nc(-c3cccc(-c4n[nH]c(-c5ccc(OC(=O)C(CC)CCCC)cc5)n4)c3)n[nH]2)cc1. The van der Waals surface area contributed by atoms with E-state index in [0.717, 1.165) is 73.6 Å². The molecule has 0 aliphatic carbocycles. The van der Waals surface area contributed by atoms with E-state index in [4.69, 9.17) is 19.4 Å². The topological polar surface area (TPSA) is 136 Å². The van der Waals surface area contributed by atoms with Gasteiger partial charge in [0.2, 0.25) is 0 Å². The molecule has 0 aliphatic heterocycles. The highest BCUT2D eigenvalue weighted by atomic mass is 16.5. The zero-order valence-corrected chi connectivity index (χ0v) is 28.2. The second-order valence-electron chi connectivity index (χ2n) is 12.0. The van der Waals surface area contributed by atoms with Gasteiger partial charge in [-0.25, -0.2) is 9.97 Å². The van der Waals surface area contributed by atoms with Gasteiger partial charge >= 0.3 is 11.9 Å². The van der Waals surface area contributed by atoms with Crippen molar-refractivity contribution in [2.75, 3.05) is 0 Å². The van der Waals surface area contributed by atoms with Gasteiger partial charge in [0.15, 0.2) is 23.3 Å². The Bertz CT molecular complexity index is 1650. The maximum atomic E-state index is 12.6. The Labute approximate surface area is 281 Å². The van der Waals surface area contributed by atoms with Crippen LogP contribution >= 0.6 is 0 Å². The summed E-state index contributed by atoms with van der Waals surface area (Å²) in [6.45, 7) is 8.28. The molecule has 48 heavy (non-hydrogen) atoms. The number of aromatic amines is 2. The van der Waals surface area contributed by atoms with E-state index in [1.165, 1.54) is 0 Å². The summed E-state index contributed by atoms with van der Waals surface area (Å²) in [5, 5.41) is 14.9. The van der Waals surface area contributed by atoms with Crippen molar-refractivity contribution in [3.8, 4) is 57.1 Å². The van der Waals surface area contributed by atoms with Crippen LogP contribution in [0.1, 0.15) is 79.1 Å². The number of carbonyl (C=O) groups is 2. The molecular formula is C38H44N6O4. The number of hydrogen-bond acceptors (Lipinski definition) is 8. The first kappa shape index (κ1) is 34.2. The van der Waals surface area contributed by atoms with Crippen LogP contribution in [-0.4, -0.2) is 42.3 Å². The maximum absolute atomic E-state index is 12.6. The summed E-state index contributed by atoms with van der Waals surface area (Å²) in [6, 6.07) is 22.3. The smallest absolute Gasteiger partial charge is 0.314 e. The number of unbranched alkanes of at least 4 members (excludes halogenated alkanes) is 2. The van der Waals surface area contributed by atoms with Crippen molar-refractivity contribution in [1.82, 2.24) is 30.4 Å². The Balaban J connectivity index is 1.23. The van der Waals surface area contributed by atoms with Crippen LogP contribution in [0.5, 0.6) is 11.5 Å². The van der Waals surface area contributed by atoms with Crippen LogP contribution < -0.4 is 9.47 Å². The van der Waals surface area contributed by atoms with Gasteiger partial charge in [0.1, 0.15) is 11.5 Å². The largest absolute Gasteiger partial charge is 0.426 e. The number of ether oxygens (including phenoxy) is 2. The Morgan fingerprint density at radius 2 is 1.02 bits per heavy atom. The van der Waals surface area contributed by atoms with Crippen molar-refractivity contribution >= 4 is 11.9 Å². The summed E-state index contributed by atoms with van der Waals surface area (Å²) in [6.07, 6.45) is 7.35. The van der Waals surface area contributed by atoms with E-state index in [1.54, 1.807) is 24.3 Å². The predicted molar refractivity (Wildman–Crippen MR) is 186 cm³/mol. The van der Waals surface area contributed by atoms with Gasteiger partial charge in [0, 0.05) is 22.3 Å².